The minimum absolute atomic E-state index is 0.0196. The van der Waals surface area contributed by atoms with E-state index in [0.29, 0.717) is 36.3 Å². The maximum atomic E-state index is 14.0. The van der Waals surface area contributed by atoms with Gasteiger partial charge in [-0.2, -0.15) is 18.3 Å². The molecular formula is C33H36ClF3N11O4+. The van der Waals surface area contributed by atoms with Gasteiger partial charge in [0.05, 0.1) is 54.0 Å². The quantitative estimate of drug-likeness (QED) is 0.179. The maximum absolute atomic E-state index is 14.0. The third kappa shape index (κ3) is 6.75. The first-order chi connectivity index (χ1) is 24.5. The smallest absolute Gasteiger partial charge is 0.397 e. The summed E-state index contributed by atoms with van der Waals surface area (Å²) in [5.74, 6) is -1.01. The number of pyridine rings is 1. The summed E-state index contributed by atoms with van der Waals surface area (Å²) in [6, 6.07) is 6.57. The second kappa shape index (κ2) is 12.8. The lowest BCUT2D eigenvalue weighted by molar-refractivity contribution is -0.879. The Kier molecular flexibility index (Phi) is 8.66. The summed E-state index contributed by atoms with van der Waals surface area (Å²) in [5, 5.41) is 22.6. The lowest BCUT2D eigenvalue weighted by Gasteiger charge is -2.25. The fourth-order valence-electron chi connectivity index (χ4n) is 7.15. The van der Waals surface area contributed by atoms with Crippen LogP contribution in [-0.4, -0.2) is 115 Å². The number of rotatable bonds is 7. The molecule has 6 N–H and O–H groups in total. The average molecular weight is 743 g/mol. The molecule has 274 valence electrons. The van der Waals surface area contributed by atoms with Crippen molar-refractivity contribution in [1.29, 1.82) is 0 Å². The first-order valence-corrected chi connectivity index (χ1v) is 16.7. The standard InChI is InChI=1S/C33H35ClF3N11O4/c1-45-24(21-13-47(44-28(21)33(35,36)37)26-7-4-16(38)9-39-26)10-40-29(45)31(51)41-17-5-6-18(22(34)8-17)30(50)43-27-19-11-46(12-20(19)27)32(52)42-23-14-48(2,3)15-25(23)49/h4-10,13,19-20,23,25,27,49H,11-12,14-15,38H2,1-3H3,(H2-,41,42,43,50,51,52)/p+1/t19-,20+,23-,25-,27?/m1/s1. The summed E-state index contributed by atoms with van der Waals surface area (Å²) in [6.45, 7) is 2.18. The van der Waals surface area contributed by atoms with Crippen LogP contribution in [-0.2, 0) is 13.2 Å². The number of fused-ring (bicyclic) bond motifs is 1. The van der Waals surface area contributed by atoms with Crippen LogP contribution in [0.25, 0.3) is 17.1 Å². The number of hydrogen-bond acceptors (Lipinski definition) is 8. The Labute approximate surface area is 300 Å². The Morgan fingerprint density at radius 3 is 2.37 bits per heavy atom. The average Bonchev–Trinajstić information content (AvgIpc) is 3.57. The van der Waals surface area contributed by atoms with Crippen LogP contribution in [0.15, 0.2) is 48.9 Å². The summed E-state index contributed by atoms with van der Waals surface area (Å²) in [6.07, 6.45) is -1.85. The van der Waals surface area contributed by atoms with E-state index in [9.17, 15) is 32.7 Å². The number of nitrogens with zero attached hydrogens (tertiary/aromatic N) is 7. The van der Waals surface area contributed by atoms with E-state index in [1.807, 2.05) is 14.1 Å². The van der Waals surface area contributed by atoms with Crippen LogP contribution >= 0.6 is 11.6 Å². The molecule has 52 heavy (non-hydrogen) atoms. The number of aliphatic hydroxyl groups is 1. The molecule has 3 aliphatic rings. The summed E-state index contributed by atoms with van der Waals surface area (Å²) in [5.41, 5.74) is 4.86. The number of likely N-dealkylation sites (tertiary alicyclic amines) is 2. The number of aromatic nitrogens is 5. The summed E-state index contributed by atoms with van der Waals surface area (Å²) < 4.78 is 44.9. The molecule has 2 aliphatic heterocycles. The van der Waals surface area contributed by atoms with E-state index in [-0.39, 0.29) is 69.1 Å². The normalized spacial score (nSPS) is 23.3. The number of quaternary nitrogens is 1. The number of nitrogen functional groups attached to an aromatic ring is 1. The van der Waals surface area contributed by atoms with Crippen LogP contribution in [0.3, 0.4) is 0 Å². The van der Waals surface area contributed by atoms with E-state index in [4.69, 9.17) is 17.3 Å². The predicted molar refractivity (Wildman–Crippen MR) is 182 cm³/mol. The van der Waals surface area contributed by atoms with Gasteiger partial charge in [0.2, 0.25) is 0 Å². The van der Waals surface area contributed by atoms with Crippen LogP contribution in [0.4, 0.5) is 29.3 Å². The van der Waals surface area contributed by atoms with E-state index >= 15 is 0 Å². The number of carbonyl (C=O) groups is 3. The summed E-state index contributed by atoms with van der Waals surface area (Å²) >= 11 is 6.45. The van der Waals surface area contributed by atoms with Crippen molar-refractivity contribution in [3.8, 4) is 17.1 Å². The lowest BCUT2D eigenvalue weighted by atomic mass is 10.2. The second-order valence-corrected chi connectivity index (χ2v) is 14.5. The summed E-state index contributed by atoms with van der Waals surface area (Å²) in [4.78, 5) is 48.9. The molecule has 1 saturated carbocycles. The number of nitrogens with two attached hydrogens (primary N) is 1. The van der Waals surface area contributed by atoms with Gasteiger partial charge in [-0.3, -0.25) is 9.59 Å². The van der Waals surface area contributed by atoms with Gasteiger partial charge in [0.15, 0.2) is 17.3 Å². The molecule has 4 amide bonds. The molecule has 7 rings (SSSR count). The number of anilines is 2. The van der Waals surface area contributed by atoms with Crippen LogP contribution < -0.4 is 21.7 Å². The number of benzene rings is 1. The predicted octanol–water partition coefficient (Wildman–Crippen LogP) is 2.36. The maximum Gasteiger partial charge on any atom is 0.435 e. The fourth-order valence-corrected chi connectivity index (χ4v) is 7.41. The Balaban J connectivity index is 0.967. The van der Waals surface area contributed by atoms with E-state index < -0.39 is 29.8 Å². The molecule has 0 radical (unpaired) electrons. The van der Waals surface area contributed by atoms with E-state index in [1.54, 1.807) is 4.90 Å². The fraction of sp³-hybridized carbons (Fsp3) is 0.394. The van der Waals surface area contributed by atoms with Gasteiger partial charge in [-0.15, -0.1) is 0 Å². The number of hydrogen-bond donors (Lipinski definition) is 5. The number of imidazole rings is 1. The van der Waals surface area contributed by atoms with Crippen LogP contribution in [0, 0.1) is 11.8 Å². The van der Waals surface area contributed by atoms with Crippen LogP contribution in [0.1, 0.15) is 26.7 Å². The molecule has 4 aromatic rings. The monoisotopic (exact) mass is 742 g/mol. The van der Waals surface area contributed by atoms with E-state index in [1.165, 1.54) is 48.1 Å². The minimum Gasteiger partial charge on any atom is -0.397 e. The Morgan fingerprint density at radius 1 is 1.02 bits per heavy atom. The molecule has 1 unspecified atom stereocenters. The van der Waals surface area contributed by atoms with Gasteiger partial charge in [-0.1, -0.05) is 11.6 Å². The third-order valence-corrected chi connectivity index (χ3v) is 10.2. The van der Waals surface area contributed by atoms with Gasteiger partial charge >= 0.3 is 12.2 Å². The zero-order valence-electron chi connectivity index (χ0n) is 28.2. The first-order valence-electron chi connectivity index (χ1n) is 16.4. The minimum atomic E-state index is -4.82. The molecule has 3 fully saturated rings. The van der Waals surface area contributed by atoms with Crippen molar-refractivity contribution in [2.45, 2.75) is 24.4 Å². The molecule has 0 spiro atoms. The second-order valence-electron chi connectivity index (χ2n) is 14.1. The number of halogens is 4. The highest BCUT2D eigenvalue weighted by Crippen LogP contribution is 2.46. The zero-order valence-corrected chi connectivity index (χ0v) is 29.0. The number of amides is 4. The number of carbonyl (C=O) groups excluding carboxylic acids is 3. The topological polar surface area (TPSA) is 185 Å². The number of urea groups is 1. The number of nitrogens with one attached hydrogen (secondary N) is 3. The lowest BCUT2D eigenvalue weighted by Crippen LogP contribution is -2.50. The van der Waals surface area contributed by atoms with Gasteiger partial charge < -0.3 is 40.7 Å². The largest absolute Gasteiger partial charge is 0.435 e. The molecule has 1 aliphatic carbocycles. The molecular weight excluding hydrogens is 707 g/mol. The molecule has 1 aromatic carbocycles. The highest BCUT2D eigenvalue weighted by molar-refractivity contribution is 6.34. The SMILES string of the molecule is Cn1c(-c2cn(-c3ccc(N)cn3)nc2C(F)(F)F)cnc1C(=O)Nc1ccc(C(=O)NC2[C@H]3CN(C(=O)N[C@@H]4C[N+](C)(C)C[C@H]4O)C[C@@H]23)c(Cl)c1. The summed E-state index contributed by atoms with van der Waals surface area (Å²) in [7, 11) is 5.41. The van der Waals surface area contributed by atoms with Crippen molar-refractivity contribution < 1.29 is 37.1 Å². The van der Waals surface area contributed by atoms with E-state index in [2.05, 4.69) is 31.0 Å². The van der Waals surface area contributed by atoms with Gasteiger partial charge in [0.25, 0.3) is 11.8 Å². The van der Waals surface area contributed by atoms with Crippen molar-refractivity contribution in [2.75, 3.05) is 51.3 Å². The number of alkyl halides is 3. The molecule has 0 bridgehead atoms. The van der Waals surface area contributed by atoms with Gasteiger partial charge in [0.1, 0.15) is 25.2 Å². The molecule has 2 saturated heterocycles. The highest BCUT2D eigenvalue weighted by atomic mass is 35.5. The van der Waals surface area contributed by atoms with Crippen LogP contribution in [0.2, 0.25) is 5.02 Å². The Bertz CT molecular complexity index is 2050. The van der Waals surface area contributed by atoms with Gasteiger partial charge in [-0.05, 0) is 30.3 Å². The molecule has 19 heteroatoms. The number of likely N-dealkylation sites (N-methyl/N-ethyl adjacent to an activating group) is 1. The van der Waals surface area contributed by atoms with Gasteiger partial charge in [-0.25, -0.2) is 19.4 Å². The Hall–Kier alpha value is -5.20. The van der Waals surface area contributed by atoms with Gasteiger partial charge in [0, 0.05) is 49.9 Å². The van der Waals surface area contributed by atoms with Crippen molar-refractivity contribution in [3.05, 3.63) is 71.0 Å². The highest BCUT2D eigenvalue weighted by Gasteiger charge is 2.58. The van der Waals surface area contributed by atoms with Crippen molar-refractivity contribution >= 4 is 40.8 Å². The molecule has 5 atom stereocenters. The van der Waals surface area contributed by atoms with Crippen molar-refractivity contribution in [2.24, 2.45) is 18.9 Å². The molecule has 15 nitrogen and oxygen atoms in total. The molecule has 3 aromatic heterocycles. The first kappa shape index (κ1) is 35.2. The number of aliphatic hydroxyl groups excluding tert-OH is 1. The van der Waals surface area contributed by atoms with Crippen LogP contribution in [0.5, 0.6) is 0 Å². The third-order valence-electron chi connectivity index (χ3n) is 9.85. The van der Waals surface area contributed by atoms with Crippen molar-refractivity contribution in [1.82, 2.24) is 39.8 Å². The number of piperidine rings is 1. The zero-order chi connectivity index (χ0) is 37.3. The Morgan fingerprint density at radius 2 is 1.75 bits per heavy atom. The van der Waals surface area contributed by atoms with E-state index in [0.717, 1.165) is 17.1 Å². The molecule has 5 heterocycles. The van der Waals surface area contributed by atoms with Crippen molar-refractivity contribution in [3.63, 3.8) is 0 Å².